The van der Waals surface area contributed by atoms with Crippen molar-refractivity contribution in [3.8, 4) is 11.5 Å². The van der Waals surface area contributed by atoms with Crippen molar-refractivity contribution < 1.29 is 14.3 Å². The normalized spacial score (nSPS) is 17.2. The Labute approximate surface area is 141 Å². The third-order valence-corrected chi connectivity index (χ3v) is 4.76. The van der Waals surface area contributed by atoms with Gasteiger partial charge in [0.25, 0.3) is 5.91 Å². The molecule has 0 N–H and O–H groups in total. The average Bonchev–Trinajstić information content (AvgIpc) is 3.23. The molecule has 24 heavy (non-hydrogen) atoms. The zero-order valence-electron chi connectivity index (χ0n) is 13.7. The summed E-state index contributed by atoms with van der Waals surface area (Å²) < 4.78 is 11.6. The second kappa shape index (κ2) is 6.15. The molecule has 0 unspecified atom stereocenters. The van der Waals surface area contributed by atoms with Crippen LogP contribution in [0.1, 0.15) is 41.6 Å². The number of carbonyl (C=O) groups is 1. The minimum atomic E-state index is 0.00406. The molecular formula is C19H20N2O3. The van der Waals surface area contributed by atoms with E-state index in [9.17, 15) is 4.79 Å². The van der Waals surface area contributed by atoms with Crippen LogP contribution >= 0.6 is 0 Å². The highest BCUT2D eigenvalue weighted by molar-refractivity contribution is 6.09. The molecule has 5 nitrogen and oxygen atoms in total. The number of methoxy groups -OCH3 is 1. The standard InChI is InChI=1S/C19H20N2O3/c1-23-17-7-6-14(10-18(17)24-15-4-2-3-5-15)21-12-13-11-20-9-8-16(13)19(21)22/h6-11,15H,2-5,12H2,1H3. The van der Waals surface area contributed by atoms with Crippen LogP contribution in [-0.2, 0) is 6.54 Å². The predicted molar refractivity (Wildman–Crippen MR) is 90.6 cm³/mol. The lowest BCUT2D eigenvalue weighted by molar-refractivity contribution is 0.0996. The molecule has 1 aromatic heterocycles. The van der Waals surface area contributed by atoms with E-state index < -0.39 is 0 Å². The number of pyridine rings is 1. The Morgan fingerprint density at radius 1 is 1.17 bits per heavy atom. The van der Waals surface area contributed by atoms with Crippen molar-refractivity contribution in [3.05, 3.63) is 47.8 Å². The number of hydrogen-bond donors (Lipinski definition) is 0. The second-order valence-corrected chi connectivity index (χ2v) is 6.28. The Morgan fingerprint density at radius 2 is 2.00 bits per heavy atom. The van der Waals surface area contributed by atoms with Gasteiger partial charge in [0, 0.05) is 35.3 Å². The van der Waals surface area contributed by atoms with Crippen molar-refractivity contribution in [2.45, 2.75) is 38.3 Å². The van der Waals surface area contributed by atoms with Crippen LogP contribution < -0.4 is 14.4 Å². The fourth-order valence-corrected chi connectivity index (χ4v) is 3.47. The number of aromatic nitrogens is 1. The summed E-state index contributed by atoms with van der Waals surface area (Å²) in [5.41, 5.74) is 2.50. The van der Waals surface area contributed by atoms with Crippen LogP contribution in [0.15, 0.2) is 36.7 Å². The number of amides is 1. The number of rotatable bonds is 4. The number of anilines is 1. The van der Waals surface area contributed by atoms with Crippen molar-refractivity contribution in [2.75, 3.05) is 12.0 Å². The lowest BCUT2D eigenvalue weighted by Gasteiger charge is -2.20. The first kappa shape index (κ1) is 15.0. The first-order valence-electron chi connectivity index (χ1n) is 8.35. The molecule has 0 spiro atoms. The van der Waals surface area contributed by atoms with Crippen LogP contribution in [0, 0.1) is 0 Å². The minimum Gasteiger partial charge on any atom is -0.493 e. The lowest BCUT2D eigenvalue weighted by atomic mass is 10.2. The van der Waals surface area contributed by atoms with E-state index in [-0.39, 0.29) is 12.0 Å². The quantitative estimate of drug-likeness (QED) is 0.863. The summed E-state index contributed by atoms with van der Waals surface area (Å²) in [4.78, 5) is 18.5. The molecule has 1 aliphatic heterocycles. The van der Waals surface area contributed by atoms with Crippen molar-refractivity contribution in [1.82, 2.24) is 4.98 Å². The second-order valence-electron chi connectivity index (χ2n) is 6.28. The zero-order valence-corrected chi connectivity index (χ0v) is 13.7. The highest BCUT2D eigenvalue weighted by Gasteiger charge is 2.29. The van der Waals surface area contributed by atoms with E-state index in [1.807, 2.05) is 18.2 Å². The molecule has 4 rings (SSSR count). The maximum Gasteiger partial charge on any atom is 0.259 e. The molecule has 0 bridgehead atoms. The van der Waals surface area contributed by atoms with Crippen LogP contribution in [0.2, 0.25) is 0 Å². The summed E-state index contributed by atoms with van der Waals surface area (Å²) in [6.45, 7) is 0.539. The Kier molecular flexibility index (Phi) is 3.84. The topological polar surface area (TPSA) is 51.7 Å². The van der Waals surface area contributed by atoms with Crippen molar-refractivity contribution in [2.24, 2.45) is 0 Å². The Bertz CT molecular complexity index is 769. The molecule has 2 heterocycles. The number of carbonyl (C=O) groups excluding carboxylic acids is 1. The van der Waals surface area contributed by atoms with Gasteiger partial charge in [0.05, 0.1) is 19.8 Å². The van der Waals surface area contributed by atoms with Crippen LogP contribution in [-0.4, -0.2) is 24.1 Å². The third-order valence-electron chi connectivity index (χ3n) is 4.76. The fourth-order valence-electron chi connectivity index (χ4n) is 3.47. The summed E-state index contributed by atoms with van der Waals surface area (Å²) in [6, 6.07) is 7.46. The zero-order chi connectivity index (χ0) is 16.5. The molecule has 1 saturated carbocycles. The summed E-state index contributed by atoms with van der Waals surface area (Å²) in [5.74, 6) is 1.42. The molecule has 0 saturated heterocycles. The van der Waals surface area contributed by atoms with E-state index in [1.165, 1.54) is 12.8 Å². The molecule has 2 aromatic rings. The molecule has 1 aliphatic carbocycles. The summed E-state index contributed by atoms with van der Waals surface area (Å²) in [5, 5.41) is 0. The number of fused-ring (bicyclic) bond motifs is 1. The summed E-state index contributed by atoms with van der Waals surface area (Å²) in [6.07, 6.45) is 8.22. The molecule has 5 heteroatoms. The Balaban J connectivity index is 1.63. The van der Waals surface area contributed by atoms with Gasteiger partial charge in [0.15, 0.2) is 11.5 Å². The van der Waals surface area contributed by atoms with Gasteiger partial charge >= 0.3 is 0 Å². The van der Waals surface area contributed by atoms with Gasteiger partial charge in [-0.25, -0.2) is 0 Å². The SMILES string of the molecule is COc1ccc(N2Cc3cnccc3C2=O)cc1OC1CCCC1. The predicted octanol–water partition coefficient (Wildman–Crippen LogP) is 3.57. The van der Waals surface area contributed by atoms with Crippen molar-refractivity contribution >= 4 is 11.6 Å². The van der Waals surface area contributed by atoms with Crippen molar-refractivity contribution in [1.29, 1.82) is 0 Å². The number of hydrogen-bond acceptors (Lipinski definition) is 4. The largest absolute Gasteiger partial charge is 0.493 e. The molecule has 0 atom stereocenters. The van der Waals surface area contributed by atoms with Crippen LogP contribution in [0.5, 0.6) is 11.5 Å². The van der Waals surface area contributed by atoms with Gasteiger partial charge in [-0.15, -0.1) is 0 Å². The first-order valence-corrected chi connectivity index (χ1v) is 8.35. The first-order chi connectivity index (χ1) is 11.8. The average molecular weight is 324 g/mol. The van der Waals surface area contributed by atoms with E-state index in [0.717, 1.165) is 29.7 Å². The van der Waals surface area contributed by atoms with Gasteiger partial charge in [-0.05, 0) is 43.9 Å². The fraction of sp³-hybridized carbons (Fsp3) is 0.368. The Hall–Kier alpha value is -2.56. The van der Waals surface area contributed by atoms with Gasteiger partial charge in [-0.1, -0.05) is 0 Å². The number of nitrogens with zero attached hydrogens (tertiary/aromatic N) is 2. The van der Waals surface area contributed by atoms with Crippen molar-refractivity contribution in [3.63, 3.8) is 0 Å². The summed E-state index contributed by atoms with van der Waals surface area (Å²) in [7, 11) is 1.64. The lowest BCUT2D eigenvalue weighted by Crippen LogP contribution is -2.23. The van der Waals surface area contributed by atoms with E-state index in [0.29, 0.717) is 18.0 Å². The molecular weight excluding hydrogens is 304 g/mol. The van der Waals surface area contributed by atoms with Gasteiger partial charge in [0.1, 0.15) is 0 Å². The van der Waals surface area contributed by atoms with Crippen LogP contribution in [0.3, 0.4) is 0 Å². The molecule has 1 aromatic carbocycles. The minimum absolute atomic E-state index is 0.00406. The highest BCUT2D eigenvalue weighted by atomic mass is 16.5. The molecule has 124 valence electrons. The van der Waals surface area contributed by atoms with Gasteiger partial charge < -0.3 is 14.4 Å². The monoisotopic (exact) mass is 324 g/mol. The molecule has 1 fully saturated rings. The van der Waals surface area contributed by atoms with E-state index in [2.05, 4.69) is 4.98 Å². The maximum absolute atomic E-state index is 12.6. The van der Waals surface area contributed by atoms with Gasteiger partial charge in [-0.2, -0.15) is 0 Å². The molecule has 1 amide bonds. The maximum atomic E-state index is 12.6. The van der Waals surface area contributed by atoms with Crippen LogP contribution in [0.4, 0.5) is 5.69 Å². The third kappa shape index (κ3) is 2.60. The number of benzene rings is 1. The van der Waals surface area contributed by atoms with E-state index in [1.54, 1.807) is 30.5 Å². The molecule has 2 aliphatic rings. The van der Waals surface area contributed by atoms with Crippen LogP contribution in [0.25, 0.3) is 0 Å². The highest BCUT2D eigenvalue weighted by Crippen LogP contribution is 2.37. The van der Waals surface area contributed by atoms with Gasteiger partial charge in [0.2, 0.25) is 0 Å². The Morgan fingerprint density at radius 3 is 2.75 bits per heavy atom. The smallest absolute Gasteiger partial charge is 0.259 e. The number of ether oxygens (including phenoxy) is 2. The summed E-state index contributed by atoms with van der Waals surface area (Å²) >= 11 is 0. The molecule has 0 radical (unpaired) electrons. The van der Waals surface area contributed by atoms with E-state index in [4.69, 9.17) is 9.47 Å². The van der Waals surface area contributed by atoms with Gasteiger partial charge in [-0.3, -0.25) is 9.78 Å². The van der Waals surface area contributed by atoms with E-state index >= 15 is 0 Å².